The van der Waals surface area contributed by atoms with E-state index in [4.69, 9.17) is 10.00 Å². The average Bonchev–Trinajstić information content (AvgIpc) is 2.88. The van der Waals surface area contributed by atoms with Gasteiger partial charge in [-0.15, -0.1) is 0 Å². The Kier molecular flexibility index (Phi) is 9.24. The Morgan fingerprint density at radius 1 is 0.912 bits per heavy atom. The molecule has 0 aliphatic carbocycles. The van der Waals surface area contributed by atoms with Crippen LogP contribution in [-0.4, -0.2) is 25.0 Å². The molecule has 0 saturated heterocycles. The first-order chi connectivity index (χ1) is 16.6. The lowest BCUT2D eigenvalue weighted by Crippen LogP contribution is -2.34. The van der Waals surface area contributed by atoms with Gasteiger partial charge in [-0.2, -0.15) is 5.26 Å². The Bertz CT molecular complexity index is 1090. The van der Waals surface area contributed by atoms with Gasteiger partial charge in [0.1, 0.15) is 5.75 Å². The van der Waals surface area contributed by atoms with Crippen molar-refractivity contribution in [3.05, 3.63) is 96.1 Å². The highest BCUT2D eigenvalue weighted by Gasteiger charge is 2.20. The van der Waals surface area contributed by atoms with Crippen LogP contribution in [0.25, 0.3) is 0 Å². The molecule has 0 bridgehead atoms. The van der Waals surface area contributed by atoms with E-state index in [9.17, 15) is 9.59 Å². The van der Waals surface area contributed by atoms with Gasteiger partial charge in [0.05, 0.1) is 25.1 Å². The van der Waals surface area contributed by atoms with Crippen molar-refractivity contribution < 1.29 is 14.3 Å². The van der Waals surface area contributed by atoms with Gasteiger partial charge in [0.2, 0.25) is 11.8 Å². The van der Waals surface area contributed by atoms with E-state index in [0.717, 1.165) is 22.6 Å². The number of hydrogen-bond acceptors (Lipinski definition) is 4. The zero-order valence-corrected chi connectivity index (χ0v) is 19.3. The number of ether oxygens (including phenoxy) is 1. The standard InChI is InChI=1S/C28H29N3O3/c1-2-34-25-16-14-23(15-17-25)28(22-10-5-3-6-11-22)30-26(32)18-19-27(33)31(21-9-20-29)24-12-7-4-8-13-24/h3-8,10-17,28H,2,9,18-19,21H2,1H3,(H,30,32). The molecule has 0 radical (unpaired) electrons. The Labute approximate surface area is 200 Å². The average molecular weight is 456 g/mol. The summed E-state index contributed by atoms with van der Waals surface area (Å²) in [6.07, 6.45) is 0.326. The number of rotatable bonds is 11. The smallest absolute Gasteiger partial charge is 0.227 e. The van der Waals surface area contributed by atoms with Crippen molar-refractivity contribution in [2.45, 2.75) is 32.2 Å². The SMILES string of the molecule is CCOc1ccc(C(NC(=O)CCC(=O)N(CCC#N)c2ccccc2)c2ccccc2)cc1. The fourth-order valence-electron chi connectivity index (χ4n) is 3.68. The fraction of sp³-hybridized carbons (Fsp3) is 0.250. The molecule has 2 amide bonds. The summed E-state index contributed by atoms with van der Waals surface area (Å²) in [4.78, 5) is 27.4. The van der Waals surface area contributed by atoms with E-state index in [1.807, 2.05) is 91.9 Å². The van der Waals surface area contributed by atoms with Gasteiger partial charge in [-0.25, -0.2) is 0 Å². The number of nitriles is 1. The number of benzene rings is 3. The Morgan fingerprint density at radius 3 is 2.15 bits per heavy atom. The molecule has 3 rings (SSSR count). The summed E-state index contributed by atoms with van der Waals surface area (Å²) < 4.78 is 5.53. The van der Waals surface area contributed by atoms with Crippen molar-refractivity contribution in [2.24, 2.45) is 0 Å². The van der Waals surface area contributed by atoms with Crippen LogP contribution in [-0.2, 0) is 9.59 Å². The molecule has 6 heteroatoms. The maximum absolute atomic E-state index is 12.9. The van der Waals surface area contributed by atoms with Crippen LogP contribution in [0.15, 0.2) is 84.9 Å². The van der Waals surface area contributed by atoms with E-state index in [1.54, 1.807) is 4.90 Å². The highest BCUT2D eigenvalue weighted by Crippen LogP contribution is 2.25. The number of carbonyl (C=O) groups excluding carboxylic acids is 2. The van der Waals surface area contributed by atoms with Gasteiger partial charge in [-0.1, -0.05) is 60.7 Å². The number of para-hydroxylation sites is 1. The lowest BCUT2D eigenvalue weighted by molar-refractivity contribution is -0.125. The number of carbonyl (C=O) groups is 2. The molecule has 34 heavy (non-hydrogen) atoms. The first kappa shape index (κ1) is 24.5. The topological polar surface area (TPSA) is 82.4 Å². The second-order valence-electron chi connectivity index (χ2n) is 7.70. The third-order valence-electron chi connectivity index (χ3n) is 5.34. The zero-order valence-electron chi connectivity index (χ0n) is 19.3. The van der Waals surface area contributed by atoms with E-state index >= 15 is 0 Å². The molecule has 0 spiro atoms. The van der Waals surface area contributed by atoms with Gasteiger partial charge >= 0.3 is 0 Å². The monoisotopic (exact) mass is 455 g/mol. The summed E-state index contributed by atoms with van der Waals surface area (Å²) in [7, 11) is 0. The molecule has 0 aliphatic heterocycles. The molecule has 0 heterocycles. The fourth-order valence-corrected chi connectivity index (χ4v) is 3.68. The van der Waals surface area contributed by atoms with Crippen LogP contribution in [0.5, 0.6) is 5.75 Å². The zero-order chi connectivity index (χ0) is 24.2. The van der Waals surface area contributed by atoms with Gasteiger partial charge < -0.3 is 15.0 Å². The molecule has 1 N–H and O–H groups in total. The third-order valence-corrected chi connectivity index (χ3v) is 5.34. The van der Waals surface area contributed by atoms with E-state index < -0.39 is 0 Å². The number of hydrogen-bond donors (Lipinski definition) is 1. The van der Waals surface area contributed by atoms with Crippen molar-refractivity contribution in [2.75, 3.05) is 18.1 Å². The predicted octanol–water partition coefficient (Wildman–Crippen LogP) is 5.02. The van der Waals surface area contributed by atoms with Crippen LogP contribution in [0.3, 0.4) is 0 Å². The normalized spacial score (nSPS) is 11.2. The minimum absolute atomic E-state index is 0.0507. The molecular formula is C28H29N3O3. The summed E-state index contributed by atoms with van der Waals surface area (Å²) in [5.74, 6) is 0.367. The van der Waals surface area contributed by atoms with Crippen molar-refractivity contribution in [1.82, 2.24) is 5.32 Å². The van der Waals surface area contributed by atoms with Gasteiger partial charge in [-0.05, 0) is 42.3 Å². The van der Waals surface area contributed by atoms with Crippen molar-refractivity contribution in [3.63, 3.8) is 0 Å². The van der Waals surface area contributed by atoms with Crippen LogP contribution in [0.1, 0.15) is 43.4 Å². The molecule has 3 aromatic rings. The quantitative estimate of drug-likeness (QED) is 0.440. The number of anilines is 1. The largest absolute Gasteiger partial charge is 0.494 e. The molecule has 174 valence electrons. The van der Waals surface area contributed by atoms with Crippen LogP contribution >= 0.6 is 0 Å². The van der Waals surface area contributed by atoms with Crippen molar-refractivity contribution in [3.8, 4) is 11.8 Å². The second-order valence-corrected chi connectivity index (χ2v) is 7.70. The summed E-state index contributed by atoms with van der Waals surface area (Å²) >= 11 is 0. The van der Waals surface area contributed by atoms with Crippen molar-refractivity contribution >= 4 is 17.5 Å². The lowest BCUT2D eigenvalue weighted by Gasteiger charge is -2.23. The van der Waals surface area contributed by atoms with Gasteiger partial charge in [-0.3, -0.25) is 9.59 Å². The van der Waals surface area contributed by atoms with Crippen LogP contribution in [0, 0.1) is 11.3 Å². The molecule has 1 unspecified atom stereocenters. The molecule has 1 atom stereocenters. The summed E-state index contributed by atoms with van der Waals surface area (Å²) in [6.45, 7) is 2.81. The summed E-state index contributed by atoms with van der Waals surface area (Å²) in [5, 5.41) is 12.0. The molecule has 6 nitrogen and oxygen atoms in total. The van der Waals surface area contributed by atoms with Gasteiger partial charge in [0.15, 0.2) is 0 Å². The molecule has 0 saturated carbocycles. The first-order valence-electron chi connectivity index (χ1n) is 11.4. The first-order valence-corrected chi connectivity index (χ1v) is 11.4. The number of nitrogens with zero attached hydrogens (tertiary/aromatic N) is 2. The predicted molar refractivity (Wildman–Crippen MR) is 132 cm³/mol. The molecule has 0 fully saturated rings. The van der Waals surface area contributed by atoms with E-state index in [0.29, 0.717) is 13.2 Å². The molecule has 0 aliphatic rings. The molecular weight excluding hydrogens is 426 g/mol. The van der Waals surface area contributed by atoms with Gasteiger partial charge in [0, 0.05) is 25.1 Å². The third kappa shape index (κ3) is 6.94. The second kappa shape index (κ2) is 12.8. The molecule has 3 aromatic carbocycles. The maximum Gasteiger partial charge on any atom is 0.227 e. The highest BCUT2D eigenvalue weighted by atomic mass is 16.5. The van der Waals surface area contributed by atoms with E-state index in [-0.39, 0.29) is 37.1 Å². The van der Waals surface area contributed by atoms with Crippen LogP contribution in [0.2, 0.25) is 0 Å². The van der Waals surface area contributed by atoms with E-state index in [2.05, 4.69) is 11.4 Å². The summed E-state index contributed by atoms with van der Waals surface area (Å²) in [6, 6.07) is 28.3. The van der Waals surface area contributed by atoms with Crippen LogP contribution in [0.4, 0.5) is 5.69 Å². The minimum Gasteiger partial charge on any atom is -0.494 e. The van der Waals surface area contributed by atoms with Crippen LogP contribution < -0.4 is 15.0 Å². The Balaban J connectivity index is 1.69. The number of amides is 2. The molecule has 0 aromatic heterocycles. The van der Waals surface area contributed by atoms with E-state index in [1.165, 1.54) is 0 Å². The highest BCUT2D eigenvalue weighted by molar-refractivity contribution is 5.95. The maximum atomic E-state index is 12.9. The van der Waals surface area contributed by atoms with Crippen molar-refractivity contribution in [1.29, 1.82) is 5.26 Å². The summed E-state index contributed by atoms with van der Waals surface area (Å²) in [5.41, 5.74) is 2.60. The minimum atomic E-state index is -0.344. The Hall–Kier alpha value is -4.11. The van der Waals surface area contributed by atoms with Gasteiger partial charge in [0.25, 0.3) is 0 Å². The number of nitrogens with one attached hydrogen (secondary N) is 1. The Morgan fingerprint density at radius 2 is 1.53 bits per heavy atom. The lowest BCUT2D eigenvalue weighted by atomic mass is 9.98.